The predicted octanol–water partition coefficient (Wildman–Crippen LogP) is 1.07. The summed E-state index contributed by atoms with van der Waals surface area (Å²) in [5, 5.41) is 0. The lowest BCUT2D eigenvalue weighted by Crippen LogP contribution is -2.10. The van der Waals surface area contributed by atoms with Crippen LogP contribution >= 0.6 is 11.1 Å². The summed E-state index contributed by atoms with van der Waals surface area (Å²) in [5.41, 5.74) is 0. The van der Waals surface area contributed by atoms with Gasteiger partial charge in [-0.3, -0.25) is 0 Å². The van der Waals surface area contributed by atoms with E-state index in [4.69, 9.17) is 15.5 Å². The van der Waals surface area contributed by atoms with Crippen molar-refractivity contribution in [1.82, 2.24) is 0 Å². The van der Waals surface area contributed by atoms with Gasteiger partial charge in [0.15, 0.2) is 0 Å². The van der Waals surface area contributed by atoms with Gasteiger partial charge in [-0.15, -0.1) is 0 Å². The Morgan fingerprint density at radius 2 is 2.29 bits per heavy atom. The maximum Gasteiger partial charge on any atom is 0.204 e. The van der Waals surface area contributed by atoms with E-state index < -0.39 is 9.04 Å². The molecule has 4 heteroatoms. The van der Waals surface area contributed by atoms with Crippen LogP contribution in [0.25, 0.3) is 0 Å². The van der Waals surface area contributed by atoms with Gasteiger partial charge in [0, 0.05) is 6.23 Å². The molecule has 0 saturated heterocycles. The van der Waals surface area contributed by atoms with Crippen molar-refractivity contribution in [2.45, 2.75) is 13.1 Å². The minimum Gasteiger partial charge on any atom is -0.419 e. The lowest BCUT2D eigenvalue weighted by molar-refractivity contribution is 0.400. The highest BCUT2D eigenvalue weighted by Crippen LogP contribution is 1.81. The summed E-state index contributed by atoms with van der Waals surface area (Å²) in [6.45, 7) is 4.20. The van der Waals surface area contributed by atoms with Crippen molar-refractivity contribution < 1.29 is 4.43 Å². The van der Waals surface area contributed by atoms with E-state index in [9.17, 15) is 0 Å². The number of rotatable bonds is 3. The smallest absolute Gasteiger partial charge is 0.204 e. The van der Waals surface area contributed by atoms with E-state index in [2.05, 4.69) is 13.1 Å². The quantitative estimate of drug-likeness (QED) is 0.433. The van der Waals surface area contributed by atoms with E-state index >= 15 is 0 Å². The highest BCUT2D eigenvalue weighted by Gasteiger charge is 1.93. The summed E-state index contributed by atoms with van der Waals surface area (Å²) in [6.07, 6.45) is 0.739. The molecule has 0 unspecified atom stereocenters. The number of hydrogen-bond donors (Lipinski definition) is 0. The second-order valence-electron chi connectivity index (χ2n) is 1.33. The molecular formula is C3H8ClOSi2. The zero-order valence-electron chi connectivity index (χ0n) is 4.49. The summed E-state index contributed by atoms with van der Waals surface area (Å²) in [7, 11) is -0.0487. The third kappa shape index (κ3) is 6.68. The van der Waals surface area contributed by atoms with Crippen LogP contribution in [0, 0.1) is 0 Å². The van der Waals surface area contributed by atoms with Gasteiger partial charge in [0.05, 0.1) is 0 Å². The molecule has 0 aliphatic carbocycles. The van der Waals surface area contributed by atoms with Crippen molar-refractivity contribution in [3.8, 4) is 0 Å². The summed E-state index contributed by atoms with van der Waals surface area (Å²) in [6, 6.07) is 0. The summed E-state index contributed by atoms with van der Waals surface area (Å²) >= 11 is 5.36. The highest BCUT2D eigenvalue weighted by atomic mass is 35.6. The van der Waals surface area contributed by atoms with Crippen LogP contribution in [-0.2, 0) is 4.43 Å². The van der Waals surface area contributed by atoms with Gasteiger partial charge >= 0.3 is 0 Å². The minimum atomic E-state index is -0.475. The van der Waals surface area contributed by atoms with Crippen LogP contribution in [0.15, 0.2) is 0 Å². The molecular weight excluding hydrogens is 144 g/mol. The van der Waals surface area contributed by atoms with E-state index in [1.807, 2.05) is 0 Å². The third-order valence-corrected chi connectivity index (χ3v) is 2.01. The van der Waals surface area contributed by atoms with Crippen LogP contribution in [0.5, 0.6) is 0 Å². The van der Waals surface area contributed by atoms with Crippen LogP contribution in [0.4, 0.5) is 0 Å². The molecule has 0 heterocycles. The first-order valence-corrected chi connectivity index (χ1v) is 6.66. The molecule has 1 nitrogen and oxygen atoms in total. The van der Waals surface area contributed by atoms with Gasteiger partial charge in [0.1, 0.15) is 0 Å². The fraction of sp³-hybridized carbons (Fsp3) is 1.00. The number of hydrogen-bond acceptors (Lipinski definition) is 1. The first-order valence-electron chi connectivity index (χ1n) is 2.04. The van der Waals surface area contributed by atoms with Crippen LogP contribution in [0.2, 0.25) is 13.1 Å². The molecule has 0 amide bonds. The van der Waals surface area contributed by atoms with E-state index in [1.165, 1.54) is 0 Å². The van der Waals surface area contributed by atoms with Crippen LogP contribution in [0.1, 0.15) is 0 Å². The molecule has 0 aromatic rings. The van der Waals surface area contributed by atoms with Gasteiger partial charge in [0.2, 0.25) is 17.9 Å². The monoisotopic (exact) mass is 151 g/mol. The Kier molecular flexibility index (Phi) is 5.31. The molecule has 0 bridgehead atoms. The second-order valence-corrected chi connectivity index (χ2v) is 4.79. The Morgan fingerprint density at radius 1 is 1.71 bits per heavy atom. The van der Waals surface area contributed by atoms with Gasteiger partial charge in [-0.05, 0) is 13.1 Å². The van der Waals surface area contributed by atoms with E-state index in [-0.39, 0.29) is 0 Å². The zero-order valence-corrected chi connectivity index (χ0v) is 7.25. The Labute approximate surface area is 53.3 Å². The fourth-order valence-corrected chi connectivity index (χ4v) is 2.04. The molecule has 0 atom stereocenters. The molecule has 7 heavy (non-hydrogen) atoms. The Bertz CT molecular complexity index is 41.9. The number of halogens is 1. The average Bonchev–Trinajstić information content (AvgIpc) is 1.61. The molecule has 0 N–H and O–H groups in total. The van der Waals surface area contributed by atoms with Gasteiger partial charge in [-0.25, -0.2) is 0 Å². The van der Waals surface area contributed by atoms with Crippen molar-refractivity contribution in [2.75, 3.05) is 6.23 Å². The maximum absolute atomic E-state index is 5.36. The lowest BCUT2D eigenvalue weighted by Gasteiger charge is -1.99. The van der Waals surface area contributed by atoms with E-state index in [1.54, 1.807) is 0 Å². The largest absolute Gasteiger partial charge is 0.419 e. The highest BCUT2D eigenvalue weighted by molar-refractivity contribution is 6.93. The molecule has 0 aliphatic rings. The second kappa shape index (κ2) is 4.83. The first kappa shape index (κ1) is 7.68. The molecule has 41 valence electrons. The Morgan fingerprint density at radius 3 is 2.43 bits per heavy atom. The fourth-order valence-electron chi connectivity index (χ4n) is 0.172. The molecule has 3 radical (unpaired) electrons. The van der Waals surface area contributed by atoms with Crippen molar-refractivity contribution in [1.29, 1.82) is 0 Å². The van der Waals surface area contributed by atoms with Crippen LogP contribution < -0.4 is 0 Å². The molecule has 0 rings (SSSR count). The maximum atomic E-state index is 5.36. The Hall–Kier alpha value is 0.684. The van der Waals surface area contributed by atoms with Crippen molar-refractivity contribution in [2.24, 2.45) is 0 Å². The SMILES string of the molecule is C[Si](C)OC[Si]Cl. The summed E-state index contributed by atoms with van der Waals surface area (Å²) < 4.78 is 5.17. The molecule has 0 saturated carbocycles. The Balaban J connectivity index is 2.68. The molecule has 0 aromatic carbocycles. The zero-order chi connectivity index (χ0) is 5.70. The van der Waals surface area contributed by atoms with Crippen molar-refractivity contribution in [3.05, 3.63) is 0 Å². The van der Waals surface area contributed by atoms with Gasteiger partial charge < -0.3 is 4.43 Å². The van der Waals surface area contributed by atoms with Crippen LogP contribution in [0.3, 0.4) is 0 Å². The van der Waals surface area contributed by atoms with E-state index in [0.717, 1.165) is 6.23 Å². The van der Waals surface area contributed by atoms with Crippen LogP contribution in [-0.4, -0.2) is 24.1 Å². The summed E-state index contributed by atoms with van der Waals surface area (Å²) in [4.78, 5) is 0. The van der Waals surface area contributed by atoms with Crippen molar-refractivity contribution in [3.63, 3.8) is 0 Å². The topological polar surface area (TPSA) is 9.23 Å². The standard InChI is InChI=1S/C3H8ClOSi2/c1-7(2)5-3-6-4/h3H2,1-2H3. The summed E-state index contributed by atoms with van der Waals surface area (Å²) in [5.74, 6) is 0. The van der Waals surface area contributed by atoms with E-state index in [0.29, 0.717) is 8.83 Å². The molecule has 0 aromatic heterocycles. The normalized spacial score (nSPS) is 10.3. The third-order valence-electron chi connectivity index (χ3n) is 0.415. The van der Waals surface area contributed by atoms with Gasteiger partial charge in [-0.1, -0.05) is 0 Å². The van der Waals surface area contributed by atoms with Crippen molar-refractivity contribution >= 4 is 28.9 Å². The molecule has 0 spiro atoms. The minimum absolute atomic E-state index is 0.426. The predicted molar refractivity (Wildman–Crippen MR) is 35.0 cm³/mol. The van der Waals surface area contributed by atoms with Gasteiger partial charge in [0.25, 0.3) is 0 Å². The molecule has 0 fully saturated rings. The molecule has 0 aliphatic heterocycles. The first-order chi connectivity index (χ1) is 3.27. The van der Waals surface area contributed by atoms with Gasteiger partial charge in [-0.2, -0.15) is 11.1 Å². The lowest BCUT2D eigenvalue weighted by atomic mass is 11.7. The average molecular weight is 152 g/mol.